The summed E-state index contributed by atoms with van der Waals surface area (Å²) in [4.78, 5) is 0. The first-order valence-electron chi connectivity index (χ1n) is 7.10. The second kappa shape index (κ2) is 7.14. The summed E-state index contributed by atoms with van der Waals surface area (Å²) in [7, 11) is 0. The number of hydrogen-bond acceptors (Lipinski definition) is 3. The predicted octanol–water partition coefficient (Wildman–Crippen LogP) is 4.61. The van der Waals surface area contributed by atoms with E-state index in [-0.39, 0.29) is 11.9 Å². The van der Waals surface area contributed by atoms with E-state index < -0.39 is 0 Å². The third-order valence-corrected chi connectivity index (χ3v) is 4.50. The van der Waals surface area contributed by atoms with Gasteiger partial charge in [0.15, 0.2) is 0 Å². The summed E-state index contributed by atoms with van der Waals surface area (Å²) >= 11 is 1.92. The van der Waals surface area contributed by atoms with E-state index in [1.807, 2.05) is 17.8 Å². The molecule has 1 heterocycles. The minimum Gasteiger partial charge on any atom is -0.459 e. The molecule has 2 rings (SSSR count). The van der Waals surface area contributed by atoms with Crippen LogP contribution < -0.4 is 5.32 Å². The molecule has 0 saturated heterocycles. The minimum atomic E-state index is -0.223. The van der Waals surface area contributed by atoms with Crippen molar-refractivity contribution in [1.82, 2.24) is 5.32 Å². The van der Waals surface area contributed by atoms with Gasteiger partial charge in [-0.05, 0) is 42.5 Å². The van der Waals surface area contributed by atoms with Crippen LogP contribution in [0.5, 0.6) is 0 Å². The Morgan fingerprint density at radius 1 is 1.25 bits per heavy atom. The van der Waals surface area contributed by atoms with Gasteiger partial charge in [0, 0.05) is 11.1 Å². The molecule has 1 aromatic carbocycles. The van der Waals surface area contributed by atoms with Crippen molar-refractivity contribution in [2.24, 2.45) is 5.92 Å². The van der Waals surface area contributed by atoms with Crippen molar-refractivity contribution in [3.63, 3.8) is 0 Å². The van der Waals surface area contributed by atoms with Crippen LogP contribution in [-0.4, -0.2) is 18.1 Å². The number of hydrogen-bond donors (Lipinski definition) is 1. The van der Waals surface area contributed by atoms with Crippen molar-refractivity contribution in [1.29, 1.82) is 0 Å². The van der Waals surface area contributed by atoms with E-state index in [0.717, 1.165) is 34.8 Å². The number of fused-ring (bicyclic) bond motifs is 1. The van der Waals surface area contributed by atoms with Crippen LogP contribution in [0, 0.1) is 11.7 Å². The van der Waals surface area contributed by atoms with E-state index in [1.54, 1.807) is 6.07 Å². The Hall–Kier alpha value is -1.00. The summed E-state index contributed by atoms with van der Waals surface area (Å²) in [6.07, 6.45) is 0. The van der Waals surface area contributed by atoms with Crippen LogP contribution in [0.15, 0.2) is 28.7 Å². The van der Waals surface area contributed by atoms with Crippen LogP contribution in [0.25, 0.3) is 11.0 Å². The lowest BCUT2D eigenvalue weighted by atomic mass is 10.2. The van der Waals surface area contributed by atoms with Crippen LogP contribution in [0.1, 0.15) is 32.6 Å². The maximum atomic E-state index is 13.2. The van der Waals surface area contributed by atoms with Gasteiger partial charge in [0.2, 0.25) is 0 Å². The Kier molecular flexibility index (Phi) is 5.49. The van der Waals surface area contributed by atoms with Gasteiger partial charge >= 0.3 is 0 Å². The molecule has 1 aromatic heterocycles. The van der Waals surface area contributed by atoms with E-state index in [0.29, 0.717) is 5.92 Å². The summed E-state index contributed by atoms with van der Waals surface area (Å²) in [5.41, 5.74) is 0.748. The summed E-state index contributed by atoms with van der Waals surface area (Å²) in [5, 5.41) is 4.27. The number of thioether (sulfide) groups is 1. The highest BCUT2D eigenvalue weighted by molar-refractivity contribution is 7.99. The summed E-state index contributed by atoms with van der Waals surface area (Å²) in [6, 6.07) is 6.78. The molecule has 0 fully saturated rings. The van der Waals surface area contributed by atoms with E-state index in [2.05, 4.69) is 26.1 Å². The number of nitrogens with one attached hydrogen (secondary N) is 1. The summed E-state index contributed by atoms with van der Waals surface area (Å²) in [5.74, 6) is 3.46. The molecule has 1 unspecified atom stereocenters. The van der Waals surface area contributed by atoms with Gasteiger partial charge in [0.05, 0.1) is 6.04 Å². The van der Waals surface area contributed by atoms with Gasteiger partial charge < -0.3 is 9.73 Å². The first kappa shape index (κ1) is 15.4. The van der Waals surface area contributed by atoms with Crippen LogP contribution in [0.3, 0.4) is 0 Å². The molecule has 0 radical (unpaired) electrons. The van der Waals surface area contributed by atoms with Gasteiger partial charge in [-0.2, -0.15) is 11.8 Å². The molecule has 0 aliphatic carbocycles. The molecule has 2 nitrogen and oxygen atoms in total. The lowest BCUT2D eigenvalue weighted by Gasteiger charge is -2.15. The Labute approximate surface area is 124 Å². The average Bonchev–Trinajstić information content (AvgIpc) is 2.80. The number of halogens is 1. The maximum Gasteiger partial charge on any atom is 0.134 e. The highest BCUT2D eigenvalue weighted by Crippen LogP contribution is 2.27. The van der Waals surface area contributed by atoms with Gasteiger partial charge in [-0.1, -0.05) is 20.8 Å². The number of furan rings is 1. The molecule has 20 heavy (non-hydrogen) atoms. The minimum absolute atomic E-state index is 0.180. The first-order chi connectivity index (χ1) is 9.60. The molecule has 0 aliphatic heterocycles. The van der Waals surface area contributed by atoms with Crippen molar-refractivity contribution in [3.05, 3.63) is 35.8 Å². The normalized spacial score (nSPS) is 13.2. The van der Waals surface area contributed by atoms with Crippen molar-refractivity contribution in [3.8, 4) is 0 Å². The van der Waals surface area contributed by atoms with Crippen molar-refractivity contribution in [2.75, 3.05) is 18.1 Å². The van der Waals surface area contributed by atoms with Crippen LogP contribution in [-0.2, 0) is 0 Å². The predicted molar refractivity (Wildman–Crippen MR) is 84.8 cm³/mol. The molecule has 0 amide bonds. The maximum absolute atomic E-state index is 13.2. The van der Waals surface area contributed by atoms with Gasteiger partial charge in [-0.25, -0.2) is 4.39 Å². The summed E-state index contributed by atoms with van der Waals surface area (Å²) < 4.78 is 19.1. The lowest BCUT2D eigenvalue weighted by molar-refractivity contribution is 0.463. The summed E-state index contributed by atoms with van der Waals surface area (Å²) in [6.45, 7) is 7.42. The number of benzene rings is 1. The lowest BCUT2D eigenvalue weighted by Crippen LogP contribution is -2.22. The average molecular weight is 295 g/mol. The zero-order valence-corrected chi connectivity index (χ0v) is 13.1. The highest BCUT2D eigenvalue weighted by atomic mass is 32.2. The van der Waals surface area contributed by atoms with E-state index >= 15 is 0 Å². The molecule has 110 valence electrons. The van der Waals surface area contributed by atoms with Gasteiger partial charge in [-0.15, -0.1) is 0 Å². The largest absolute Gasteiger partial charge is 0.459 e. The van der Waals surface area contributed by atoms with Gasteiger partial charge in [-0.3, -0.25) is 0 Å². The molecule has 1 atom stereocenters. The molecular formula is C16H22FNOS. The fourth-order valence-electron chi connectivity index (χ4n) is 2.12. The molecule has 0 aliphatic rings. The van der Waals surface area contributed by atoms with Crippen LogP contribution >= 0.6 is 11.8 Å². The molecule has 0 saturated carbocycles. The Bertz CT molecular complexity index is 552. The quantitative estimate of drug-likeness (QED) is 0.807. The fourth-order valence-corrected chi connectivity index (χ4v) is 3.24. The van der Waals surface area contributed by atoms with Crippen molar-refractivity contribution < 1.29 is 8.81 Å². The van der Waals surface area contributed by atoms with Crippen LogP contribution in [0.2, 0.25) is 0 Å². The van der Waals surface area contributed by atoms with E-state index in [1.165, 1.54) is 12.1 Å². The Morgan fingerprint density at radius 3 is 2.75 bits per heavy atom. The third-order valence-electron chi connectivity index (χ3n) is 3.03. The Balaban J connectivity index is 2.13. The molecule has 1 N–H and O–H groups in total. The molecule has 0 bridgehead atoms. The smallest absolute Gasteiger partial charge is 0.134 e. The molecule has 2 aromatic rings. The van der Waals surface area contributed by atoms with E-state index in [4.69, 9.17) is 4.42 Å². The Morgan fingerprint density at radius 2 is 2.05 bits per heavy atom. The zero-order valence-electron chi connectivity index (χ0n) is 12.3. The fraction of sp³-hybridized carbons (Fsp3) is 0.500. The highest BCUT2D eigenvalue weighted by Gasteiger charge is 2.16. The second-order valence-corrected chi connectivity index (χ2v) is 6.45. The standard InChI is InChI=1S/C16H22FNOS/c1-4-18-14(10-20-9-11(2)3)16-8-12-7-13(17)5-6-15(12)19-16/h5-8,11,14,18H,4,9-10H2,1-3H3. The number of rotatable bonds is 7. The third kappa shape index (κ3) is 4.00. The van der Waals surface area contributed by atoms with Crippen molar-refractivity contribution >= 4 is 22.7 Å². The first-order valence-corrected chi connectivity index (χ1v) is 8.25. The van der Waals surface area contributed by atoms with Gasteiger partial charge in [0.1, 0.15) is 17.2 Å². The SMILES string of the molecule is CCNC(CSCC(C)C)c1cc2cc(F)ccc2o1. The van der Waals surface area contributed by atoms with Gasteiger partial charge in [0.25, 0.3) is 0 Å². The van der Waals surface area contributed by atoms with E-state index in [9.17, 15) is 4.39 Å². The monoisotopic (exact) mass is 295 g/mol. The van der Waals surface area contributed by atoms with Crippen molar-refractivity contribution in [2.45, 2.75) is 26.8 Å². The molecular weight excluding hydrogens is 273 g/mol. The zero-order chi connectivity index (χ0) is 14.5. The topological polar surface area (TPSA) is 25.2 Å². The van der Waals surface area contributed by atoms with Crippen LogP contribution in [0.4, 0.5) is 4.39 Å². The molecule has 4 heteroatoms. The molecule has 0 spiro atoms. The second-order valence-electron chi connectivity index (χ2n) is 5.37.